The van der Waals surface area contributed by atoms with Gasteiger partial charge in [-0.25, -0.2) is 0 Å². The first-order valence-corrected chi connectivity index (χ1v) is 4.07. The summed E-state index contributed by atoms with van der Waals surface area (Å²) in [6.07, 6.45) is -0.244. The SMILES string of the molecule is CCC(C)C(=O)OC[C@@H](O)CO. The van der Waals surface area contributed by atoms with E-state index in [9.17, 15) is 4.79 Å². The Morgan fingerprint density at radius 1 is 1.58 bits per heavy atom. The Bertz CT molecular complexity index is 135. The van der Waals surface area contributed by atoms with Crippen LogP contribution in [0.5, 0.6) is 0 Å². The second-order valence-electron chi connectivity index (χ2n) is 2.78. The molecule has 2 atom stereocenters. The van der Waals surface area contributed by atoms with Gasteiger partial charge in [-0.15, -0.1) is 0 Å². The molecule has 0 radical (unpaired) electrons. The summed E-state index contributed by atoms with van der Waals surface area (Å²) in [5.41, 5.74) is 0. The van der Waals surface area contributed by atoms with Gasteiger partial charge in [-0.05, 0) is 6.42 Å². The smallest absolute Gasteiger partial charge is 0.308 e. The van der Waals surface area contributed by atoms with E-state index in [0.29, 0.717) is 6.42 Å². The zero-order valence-electron chi connectivity index (χ0n) is 7.49. The van der Waals surface area contributed by atoms with E-state index < -0.39 is 6.10 Å². The molecule has 4 nitrogen and oxygen atoms in total. The van der Waals surface area contributed by atoms with Gasteiger partial charge < -0.3 is 14.9 Å². The highest BCUT2D eigenvalue weighted by atomic mass is 16.5. The lowest BCUT2D eigenvalue weighted by Crippen LogP contribution is -2.24. The highest BCUT2D eigenvalue weighted by molar-refractivity contribution is 5.71. The van der Waals surface area contributed by atoms with Crippen molar-refractivity contribution in [1.29, 1.82) is 0 Å². The Morgan fingerprint density at radius 2 is 2.17 bits per heavy atom. The third-order valence-electron chi connectivity index (χ3n) is 1.64. The molecule has 1 unspecified atom stereocenters. The summed E-state index contributed by atoms with van der Waals surface area (Å²) in [4.78, 5) is 11.0. The number of hydrogen-bond donors (Lipinski definition) is 2. The molecule has 0 spiro atoms. The lowest BCUT2D eigenvalue weighted by atomic mass is 10.1. The van der Waals surface area contributed by atoms with Crippen molar-refractivity contribution in [3.8, 4) is 0 Å². The van der Waals surface area contributed by atoms with E-state index in [2.05, 4.69) is 0 Å². The predicted molar refractivity (Wildman–Crippen MR) is 43.5 cm³/mol. The van der Waals surface area contributed by atoms with Gasteiger partial charge in [0, 0.05) is 0 Å². The molecule has 0 aromatic carbocycles. The normalized spacial score (nSPS) is 15.3. The zero-order valence-corrected chi connectivity index (χ0v) is 7.49. The molecule has 0 aromatic rings. The fourth-order valence-electron chi connectivity index (χ4n) is 0.540. The monoisotopic (exact) mass is 176 g/mol. The van der Waals surface area contributed by atoms with E-state index in [0.717, 1.165) is 0 Å². The minimum Gasteiger partial charge on any atom is -0.463 e. The number of ether oxygens (including phenoxy) is 1. The van der Waals surface area contributed by atoms with Crippen LogP contribution in [0.15, 0.2) is 0 Å². The molecule has 0 bridgehead atoms. The fourth-order valence-corrected chi connectivity index (χ4v) is 0.540. The Labute approximate surface area is 72.2 Å². The van der Waals surface area contributed by atoms with E-state index >= 15 is 0 Å². The first-order valence-electron chi connectivity index (χ1n) is 4.07. The molecule has 0 amide bonds. The largest absolute Gasteiger partial charge is 0.463 e. The first kappa shape index (κ1) is 11.4. The molecule has 0 aliphatic rings. The molecular formula is C8H16O4. The van der Waals surface area contributed by atoms with Crippen molar-refractivity contribution in [2.24, 2.45) is 5.92 Å². The summed E-state index contributed by atoms with van der Waals surface area (Å²) in [6.45, 7) is 3.13. The molecule has 0 aliphatic carbocycles. The number of esters is 1. The summed E-state index contributed by atoms with van der Waals surface area (Å²) in [6, 6.07) is 0. The van der Waals surface area contributed by atoms with E-state index in [4.69, 9.17) is 14.9 Å². The molecular weight excluding hydrogens is 160 g/mol. The van der Waals surface area contributed by atoms with Crippen LogP contribution in [0.1, 0.15) is 20.3 Å². The maximum absolute atomic E-state index is 11.0. The van der Waals surface area contributed by atoms with Gasteiger partial charge >= 0.3 is 5.97 Å². The van der Waals surface area contributed by atoms with E-state index in [1.807, 2.05) is 6.92 Å². The van der Waals surface area contributed by atoms with Gasteiger partial charge in [0.25, 0.3) is 0 Å². The van der Waals surface area contributed by atoms with Crippen LogP contribution in [0.3, 0.4) is 0 Å². The van der Waals surface area contributed by atoms with Gasteiger partial charge in [-0.1, -0.05) is 13.8 Å². The van der Waals surface area contributed by atoms with E-state index in [1.165, 1.54) is 0 Å². The molecule has 0 saturated carbocycles. The number of aliphatic hydroxyl groups is 2. The van der Waals surface area contributed by atoms with Gasteiger partial charge in [-0.3, -0.25) is 4.79 Å². The minimum absolute atomic E-state index is 0.125. The van der Waals surface area contributed by atoms with Crippen LogP contribution in [0.4, 0.5) is 0 Å². The first-order chi connectivity index (χ1) is 5.61. The van der Waals surface area contributed by atoms with Crippen LogP contribution in [0, 0.1) is 5.92 Å². The van der Waals surface area contributed by atoms with Crippen LogP contribution < -0.4 is 0 Å². The van der Waals surface area contributed by atoms with Crippen molar-refractivity contribution in [3.63, 3.8) is 0 Å². The molecule has 0 rings (SSSR count). The van der Waals surface area contributed by atoms with Crippen molar-refractivity contribution < 1.29 is 19.7 Å². The Hall–Kier alpha value is -0.610. The van der Waals surface area contributed by atoms with Gasteiger partial charge in [-0.2, -0.15) is 0 Å². The second kappa shape index (κ2) is 5.97. The van der Waals surface area contributed by atoms with Crippen molar-refractivity contribution in [2.45, 2.75) is 26.4 Å². The van der Waals surface area contributed by atoms with Gasteiger partial charge in [0.1, 0.15) is 12.7 Å². The van der Waals surface area contributed by atoms with Gasteiger partial charge in [0.05, 0.1) is 12.5 Å². The number of carbonyl (C=O) groups excluding carboxylic acids is 1. The molecule has 0 fully saturated rings. The molecule has 12 heavy (non-hydrogen) atoms. The summed E-state index contributed by atoms with van der Waals surface area (Å²) < 4.78 is 4.70. The molecule has 4 heteroatoms. The summed E-state index contributed by atoms with van der Waals surface area (Å²) in [5, 5.41) is 17.2. The summed E-state index contributed by atoms with van der Waals surface area (Å²) >= 11 is 0. The van der Waals surface area contributed by atoms with Crippen molar-refractivity contribution in [1.82, 2.24) is 0 Å². The second-order valence-corrected chi connectivity index (χ2v) is 2.78. The number of carbonyl (C=O) groups is 1. The predicted octanol–water partition coefficient (Wildman–Crippen LogP) is -0.0711. The van der Waals surface area contributed by atoms with Crippen LogP contribution in [-0.2, 0) is 9.53 Å². The van der Waals surface area contributed by atoms with Gasteiger partial charge in [0.15, 0.2) is 0 Å². The van der Waals surface area contributed by atoms with Crippen molar-refractivity contribution in [3.05, 3.63) is 0 Å². The summed E-state index contributed by atoms with van der Waals surface area (Å²) in [5.74, 6) is -0.471. The summed E-state index contributed by atoms with van der Waals surface area (Å²) in [7, 11) is 0. The molecule has 0 saturated heterocycles. The highest BCUT2D eigenvalue weighted by Gasteiger charge is 2.13. The highest BCUT2D eigenvalue weighted by Crippen LogP contribution is 2.03. The fraction of sp³-hybridized carbons (Fsp3) is 0.875. The van der Waals surface area contributed by atoms with Crippen LogP contribution >= 0.6 is 0 Å². The molecule has 0 heterocycles. The molecule has 0 aromatic heterocycles. The Kier molecular flexibility index (Phi) is 5.66. The lowest BCUT2D eigenvalue weighted by molar-refractivity contribution is -0.151. The quantitative estimate of drug-likeness (QED) is 0.575. The van der Waals surface area contributed by atoms with Crippen LogP contribution in [0.2, 0.25) is 0 Å². The molecule has 72 valence electrons. The third kappa shape index (κ3) is 4.31. The maximum atomic E-state index is 11.0. The standard InChI is InChI=1S/C8H16O4/c1-3-6(2)8(11)12-5-7(10)4-9/h6-7,9-10H,3-5H2,1-2H3/t6?,7-/m0/s1. The van der Waals surface area contributed by atoms with E-state index in [-0.39, 0.29) is 25.1 Å². The Morgan fingerprint density at radius 3 is 2.58 bits per heavy atom. The lowest BCUT2D eigenvalue weighted by Gasteiger charge is -2.11. The van der Waals surface area contributed by atoms with Crippen LogP contribution in [-0.4, -0.2) is 35.5 Å². The average molecular weight is 176 g/mol. The molecule has 2 N–H and O–H groups in total. The number of hydrogen-bond acceptors (Lipinski definition) is 4. The van der Waals surface area contributed by atoms with Crippen LogP contribution in [0.25, 0.3) is 0 Å². The third-order valence-corrected chi connectivity index (χ3v) is 1.64. The topological polar surface area (TPSA) is 66.8 Å². The van der Waals surface area contributed by atoms with Crippen molar-refractivity contribution >= 4 is 5.97 Å². The number of rotatable bonds is 5. The number of aliphatic hydroxyl groups excluding tert-OH is 2. The minimum atomic E-state index is -0.960. The zero-order chi connectivity index (χ0) is 9.56. The molecule has 0 aliphatic heterocycles. The maximum Gasteiger partial charge on any atom is 0.308 e. The van der Waals surface area contributed by atoms with E-state index in [1.54, 1.807) is 6.92 Å². The van der Waals surface area contributed by atoms with Crippen molar-refractivity contribution in [2.75, 3.05) is 13.2 Å². The van der Waals surface area contributed by atoms with Gasteiger partial charge in [0.2, 0.25) is 0 Å². The Balaban J connectivity index is 3.56. The average Bonchev–Trinajstić information content (AvgIpc) is 2.11.